The number of hydrogen-bond acceptors (Lipinski definition) is 3. The number of hydrogen-bond donors (Lipinski definition) is 0. The van der Waals surface area contributed by atoms with Gasteiger partial charge in [-0.2, -0.15) is 0 Å². The molecular weight excluding hydrogens is 335 g/mol. The van der Waals surface area contributed by atoms with Crippen LogP contribution in [0.2, 0.25) is 6.04 Å². The summed E-state index contributed by atoms with van der Waals surface area (Å²) < 4.78 is 17.4. The van der Waals surface area contributed by atoms with Crippen LogP contribution in [0.4, 0.5) is 0 Å². The molecule has 1 aromatic carbocycles. The van der Waals surface area contributed by atoms with Crippen molar-refractivity contribution in [2.45, 2.75) is 12.5 Å². The lowest BCUT2D eigenvalue weighted by molar-refractivity contribution is 0.123. The molecule has 5 heteroatoms. The Morgan fingerprint density at radius 3 is 2.25 bits per heavy atom. The lowest BCUT2D eigenvalue weighted by atomic mass is 10.2. The summed E-state index contributed by atoms with van der Waals surface area (Å²) in [4.78, 5) is 0. The van der Waals surface area contributed by atoms with Crippen molar-refractivity contribution in [3.8, 4) is 0 Å². The zero-order chi connectivity index (χ0) is 12.0. The second-order valence-electron chi connectivity index (χ2n) is 3.43. The highest BCUT2D eigenvalue weighted by Gasteiger charge is 2.36. The fourth-order valence-electron chi connectivity index (χ4n) is 1.55. The quantitative estimate of drug-likeness (QED) is 0.582. The SMILES string of the molecule is CO[Si](CCc1cccc(I)c1)(OC)OC. The molecule has 3 nitrogen and oxygen atoms in total. The molecule has 0 spiro atoms. The lowest BCUT2D eigenvalue weighted by Gasteiger charge is -2.24. The van der Waals surface area contributed by atoms with E-state index in [-0.39, 0.29) is 0 Å². The number of benzene rings is 1. The third-order valence-corrected chi connectivity index (χ3v) is 5.94. The Labute approximate surface area is 112 Å². The molecule has 0 aliphatic heterocycles. The maximum Gasteiger partial charge on any atom is 0.500 e. The Hall–Kier alpha value is 0.0469. The van der Waals surface area contributed by atoms with Crippen molar-refractivity contribution in [2.24, 2.45) is 0 Å². The molecule has 0 bridgehead atoms. The van der Waals surface area contributed by atoms with Gasteiger partial charge in [0.2, 0.25) is 0 Å². The number of aryl methyl sites for hydroxylation is 1. The van der Waals surface area contributed by atoms with Gasteiger partial charge in [0.1, 0.15) is 0 Å². The van der Waals surface area contributed by atoms with E-state index in [1.54, 1.807) is 21.3 Å². The van der Waals surface area contributed by atoms with Crippen LogP contribution in [-0.2, 0) is 19.7 Å². The second kappa shape index (κ2) is 6.70. The van der Waals surface area contributed by atoms with Gasteiger partial charge < -0.3 is 13.3 Å². The summed E-state index contributed by atoms with van der Waals surface area (Å²) in [6.07, 6.45) is 0.915. The van der Waals surface area contributed by atoms with E-state index < -0.39 is 8.80 Å². The Bertz CT molecular complexity index is 320. The third kappa shape index (κ3) is 3.81. The molecular formula is C11H17IO3Si. The van der Waals surface area contributed by atoms with Crippen LogP contribution in [-0.4, -0.2) is 30.1 Å². The van der Waals surface area contributed by atoms with E-state index in [1.807, 2.05) is 0 Å². The number of rotatable bonds is 6. The molecule has 1 rings (SSSR count). The molecule has 0 fully saturated rings. The smallest absolute Gasteiger partial charge is 0.377 e. The first kappa shape index (κ1) is 14.1. The van der Waals surface area contributed by atoms with Crippen molar-refractivity contribution in [3.05, 3.63) is 33.4 Å². The standard InChI is InChI=1S/C11H17IO3Si/c1-13-16(14-2,15-3)8-7-10-5-4-6-11(12)9-10/h4-6,9H,7-8H2,1-3H3. The average molecular weight is 352 g/mol. The highest BCUT2D eigenvalue weighted by atomic mass is 127. The van der Waals surface area contributed by atoms with Gasteiger partial charge in [-0.25, -0.2) is 0 Å². The zero-order valence-corrected chi connectivity index (χ0v) is 13.0. The van der Waals surface area contributed by atoms with Crippen LogP contribution < -0.4 is 0 Å². The Morgan fingerprint density at radius 1 is 1.12 bits per heavy atom. The molecule has 0 atom stereocenters. The molecule has 1 aromatic rings. The molecule has 0 radical (unpaired) electrons. The fourth-order valence-corrected chi connectivity index (χ4v) is 3.86. The lowest BCUT2D eigenvalue weighted by Crippen LogP contribution is -2.43. The molecule has 0 aromatic heterocycles. The van der Waals surface area contributed by atoms with E-state index in [0.29, 0.717) is 0 Å². The molecule has 0 aliphatic rings. The third-order valence-electron chi connectivity index (χ3n) is 2.54. The molecule has 0 heterocycles. The van der Waals surface area contributed by atoms with Crippen LogP contribution in [0.25, 0.3) is 0 Å². The minimum absolute atomic E-state index is 0.802. The summed E-state index contributed by atoms with van der Waals surface area (Å²) in [5, 5.41) is 0. The molecule has 90 valence electrons. The van der Waals surface area contributed by atoms with Crippen LogP contribution in [0.15, 0.2) is 24.3 Å². The molecule has 0 saturated heterocycles. The van der Waals surface area contributed by atoms with Crippen LogP contribution >= 0.6 is 22.6 Å². The molecule has 0 N–H and O–H groups in total. The largest absolute Gasteiger partial charge is 0.500 e. The van der Waals surface area contributed by atoms with Crippen LogP contribution in [0.3, 0.4) is 0 Å². The highest BCUT2D eigenvalue weighted by molar-refractivity contribution is 14.1. The minimum atomic E-state index is -2.42. The first-order valence-electron chi connectivity index (χ1n) is 5.05. The van der Waals surface area contributed by atoms with Gasteiger partial charge in [0.05, 0.1) is 0 Å². The summed E-state index contributed by atoms with van der Waals surface area (Å²) in [5.74, 6) is 0. The average Bonchev–Trinajstić information content (AvgIpc) is 2.32. The molecule has 16 heavy (non-hydrogen) atoms. The van der Waals surface area contributed by atoms with E-state index in [2.05, 4.69) is 46.9 Å². The number of halogens is 1. The minimum Gasteiger partial charge on any atom is -0.377 e. The fraction of sp³-hybridized carbons (Fsp3) is 0.455. The van der Waals surface area contributed by atoms with Crippen LogP contribution in [0.1, 0.15) is 5.56 Å². The summed E-state index contributed by atoms with van der Waals surface area (Å²) in [5.41, 5.74) is 1.29. The summed E-state index contributed by atoms with van der Waals surface area (Å²) in [6, 6.07) is 9.23. The first-order chi connectivity index (χ1) is 7.65. The predicted octanol–water partition coefficient (Wildman–Crippen LogP) is 2.71. The second-order valence-corrected chi connectivity index (χ2v) is 7.76. The molecule has 0 unspecified atom stereocenters. The Kier molecular flexibility index (Phi) is 5.91. The summed E-state index contributed by atoms with van der Waals surface area (Å²) >= 11 is 2.31. The van der Waals surface area contributed by atoms with Crippen molar-refractivity contribution < 1.29 is 13.3 Å². The topological polar surface area (TPSA) is 27.7 Å². The van der Waals surface area contributed by atoms with Crippen LogP contribution in [0, 0.1) is 3.57 Å². The highest BCUT2D eigenvalue weighted by Crippen LogP contribution is 2.17. The van der Waals surface area contributed by atoms with Gasteiger partial charge in [-0.15, -0.1) is 0 Å². The van der Waals surface area contributed by atoms with Gasteiger partial charge in [-0.1, -0.05) is 12.1 Å². The predicted molar refractivity (Wildman–Crippen MR) is 74.5 cm³/mol. The van der Waals surface area contributed by atoms with Gasteiger partial charge in [-0.05, 0) is 46.7 Å². The van der Waals surface area contributed by atoms with Gasteiger partial charge in [0.15, 0.2) is 0 Å². The van der Waals surface area contributed by atoms with Crippen molar-refractivity contribution in [1.82, 2.24) is 0 Å². The van der Waals surface area contributed by atoms with Gasteiger partial charge >= 0.3 is 8.80 Å². The van der Waals surface area contributed by atoms with E-state index >= 15 is 0 Å². The Morgan fingerprint density at radius 2 is 1.75 bits per heavy atom. The summed E-state index contributed by atoms with van der Waals surface area (Å²) in [7, 11) is 2.52. The van der Waals surface area contributed by atoms with E-state index in [4.69, 9.17) is 13.3 Å². The summed E-state index contributed by atoms with van der Waals surface area (Å²) in [6.45, 7) is 0. The van der Waals surface area contributed by atoms with E-state index in [9.17, 15) is 0 Å². The van der Waals surface area contributed by atoms with Crippen molar-refractivity contribution in [2.75, 3.05) is 21.3 Å². The monoisotopic (exact) mass is 352 g/mol. The zero-order valence-electron chi connectivity index (χ0n) is 9.83. The van der Waals surface area contributed by atoms with Gasteiger partial charge in [-0.3, -0.25) is 0 Å². The van der Waals surface area contributed by atoms with Crippen molar-refractivity contribution in [3.63, 3.8) is 0 Å². The van der Waals surface area contributed by atoms with Crippen LogP contribution in [0.5, 0.6) is 0 Å². The maximum atomic E-state index is 5.38. The Balaban J connectivity index is 2.62. The molecule has 0 aliphatic carbocycles. The maximum absolute atomic E-state index is 5.38. The first-order valence-corrected chi connectivity index (χ1v) is 8.07. The molecule has 0 amide bonds. The van der Waals surface area contributed by atoms with Gasteiger partial charge in [0.25, 0.3) is 0 Å². The van der Waals surface area contributed by atoms with E-state index in [1.165, 1.54) is 9.13 Å². The molecule has 0 saturated carbocycles. The van der Waals surface area contributed by atoms with Gasteiger partial charge in [0, 0.05) is 30.9 Å². The normalized spacial score (nSPS) is 11.8. The van der Waals surface area contributed by atoms with E-state index in [0.717, 1.165) is 12.5 Å². The van der Waals surface area contributed by atoms with Crippen molar-refractivity contribution in [1.29, 1.82) is 0 Å². The van der Waals surface area contributed by atoms with Crippen molar-refractivity contribution >= 4 is 31.4 Å².